The number of primary amides is 1. The van der Waals surface area contributed by atoms with Gasteiger partial charge in [-0.25, -0.2) is 13.4 Å². The lowest BCUT2D eigenvalue weighted by Gasteiger charge is -2.15. The van der Waals surface area contributed by atoms with Crippen LogP contribution in [0.15, 0.2) is 61.1 Å². The highest BCUT2D eigenvalue weighted by Gasteiger charge is 2.31. The Morgan fingerprint density at radius 1 is 1.15 bits per heavy atom. The maximum Gasteiger partial charge on any atom is 0.573 e. The predicted molar refractivity (Wildman–Crippen MR) is 138 cm³/mol. The molecule has 4 rings (SSSR count). The SMILES string of the molecule is CCS(=O)(=O)Nc1ccc(-c2n[nH]c(Nc3cnccn3)c2C(N)=O)cc1OCc1cccc(OC(F)(F)F)c1. The highest BCUT2D eigenvalue weighted by molar-refractivity contribution is 7.92. The van der Waals surface area contributed by atoms with Gasteiger partial charge in [-0.3, -0.25) is 19.6 Å². The van der Waals surface area contributed by atoms with Gasteiger partial charge >= 0.3 is 6.36 Å². The number of sulfonamides is 1. The molecule has 1 amide bonds. The number of alkyl halides is 3. The van der Waals surface area contributed by atoms with Crippen molar-refractivity contribution in [3.63, 3.8) is 0 Å². The summed E-state index contributed by atoms with van der Waals surface area (Å²) < 4.78 is 74.5. The third-order valence-electron chi connectivity index (χ3n) is 5.26. The Labute approximate surface area is 225 Å². The van der Waals surface area contributed by atoms with Crippen molar-refractivity contribution in [2.45, 2.75) is 19.9 Å². The monoisotopic (exact) mass is 577 g/mol. The van der Waals surface area contributed by atoms with Crippen LogP contribution in [0.5, 0.6) is 11.5 Å². The number of ether oxygens (including phenoxy) is 2. The average Bonchev–Trinajstić information content (AvgIpc) is 3.31. The lowest BCUT2D eigenvalue weighted by atomic mass is 10.1. The van der Waals surface area contributed by atoms with E-state index in [4.69, 9.17) is 10.5 Å². The number of hydrogen-bond acceptors (Lipinski definition) is 9. The molecular formula is C24H22F3N7O5S. The zero-order chi connectivity index (χ0) is 28.9. The van der Waals surface area contributed by atoms with Gasteiger partial charge in [0.15, 0.2) is 0 Å². The second-order valence-electron chi connectivity index (χ2n) is 8.10. The number of hydrogen-bond donors (Lipinski definition) is 4. The molecule has 2 heterocycles. The molecule has 0 atom stereocenters. The number of amides is 1. The molecule has 210 valence electrons. The maximum absolute atomic E-state index is 12.6. The number of nitrogens with one attached hydrogen (secondary N) is 3. The van der Waals surface area contributed by atoms with Crippen LogP contribution >= 0.6 is 0 Å². The van der Waals surface area contributed by atoms with Gasteiger partial charge in [-0.2, -0.15) is 5.10 Å². The van der Waals surface area contributed by atoms with E-state index < -0.39 is 28.0 Å². The van der Waals surface area contributed by atoms with Gasteiger partial charge in [-0.05, 0) is 36.8 Å². The summed E-state index contributed by atoms with van der Waals surface area (Å²) in [5, 5.41) is 9.72. The molecular weight excluding hydrogens is 555 g/mol. The Morgan fingerprint density at radius 2 is 1.95 bits per heavy atom. The number of aromatic amines is 1. The van der Waals surface area contributed by atoms with Crippen molar-refractivity contribution in [1.82, 2.24) is 20.2 Å². The Morgan fingerprint density at radius 3 is 2.62 bits per heavy atom. The topological polar surface area (TPSA) is 174 Å². The lowest BCUT2D eigenvalue weighted by Crippen LogP contribution is -2.17. The Balaban J connectivity index is 1.68. The number of H-pyrrole nitrogens is 1. The van der Waals surface area contributed by atoms with E-state index in [0.717, 1.165) is 12.1 Å². The molecule has 0 aliphatic carbocycles. The van der Waals surface area contributed by atoms with Gasteiger partial charge in [0, 0.05) is 18.0 Å². The van der Waals surface area contributed by atoms with E-state index in [1.165, 1.54) is 55.8 Å². The summed E-state index contributed by atoms with van der Waals surface area (Å²) in [6.07, 6.45) is -0.551. The van der Waals surface area contributed by atoms with Crippen molar-refractivity contribution in [2.24, 2.45) is 5.73 Å². The largest absolute Gasteiger partial charge is 0.573 e. The normalized spacial score (nSPS) is 11.6. The molecule has 0 spiro atoms. The zero-order valence-corrected chi connectivity index (χ0v) is 21.5. The molecule has 16 heteroatoms. The molecule has 2 aromatic heterocycles. The summed E-state index contributed by atoms with van der Waals surface area (Å²) in [7, 11) is -3.73. The first kappa shape index (κ1) is 28.2. The highest BCUT2D eigenvalue weighted by Crippen LogP contribution is 2.35. The molecule has 0 fully saturated rings. The van der Waals surface area contributed by atoms with Gasteiger partial charge in [0.05, 0.1) is 17.6 Å². The molecule has 0 saturated heterocycles. The lowest BCUT2D eigenvalue weighted by molar-refractivity contribution is -0.274. The Hall–Kier alpha value is -4.86. The number of nitrogens with two attached hydrogens (primary N) is 1. The standard InChI is InChI=1S/C24H22F3N7O5S/c1-2-40(36,37)34-17-7-6-15(11-18(17)38-13-14-4-3-5-16(10-14)39-24(25,26)27)21-20(22(28)35)23(33-32-21)31-19-12-29-8-9-30-19/h3-12,34H,2,13H2,1H3,(H2,28,35)(H2,30,31,32,33). The predicted octanol–water partition coefficient (Wildman–Crippen LogP) is 3.95. The van der Waals surface area contributed by atoms with Crippen LogP contribution in [0.3, 0.4) is 0 Å². The molecule has 0 bridgehead atoms. The van der Waals surface area contributed by atoms with Gasteiger partial charge < -0.3 is 20.5 Å². The Kier molecular flexibility index (Phi) is 8.08. The van der Waals surface area contributed by atoms with Crippen molar-refractivity contribution in [1.29, 1.82) is 0 Å². The van der Waals surface area contributed by atoms with E-state index in [-0.39, 0.29) is 40.9 Å². The van der Waals surface area contributed by atoms with Crippen LogP contribution < -0.4 is 25.2 Å². The summed E-state index contributed by atoms with van der Waals surface area (Å²) in [6.45, 7) is 1.19. The van der Waals surface area contributed by atoms with Crippen LogP contribution in [0.4, 0.5) is 30.5 Å². The van der Waals surface area contributed by atoms with Gasteiger partial charge in [0.25, 0.3) is 5.91 Å². The minimum absolute atomic E-state index is 0.0125. The number of benzene rings is 2. The first-order valence-electron chi connectivity index (χ1n) is 11.5. The molecule has 4 aromatic rings. The third kappa shape index (κ3) is 7.16. The molecule has 5 N–H and O–H groups in total. The zero-order valence-electron chi connectivity index (χ0n) is 20.7. The van der Waals surface area contributed by atoms with Crippen LogP contribution in [0.2, 0.25) is 0 Å². The molecule has 0 unspecified atom stereocenters. The number of anilines is 3. The number of carbonyl (C=O) groups is 1. The van der Waals surface area contributed by atoms with E-state index in [2.05, 4.69) is 34.9 Å². The first-order valence-corrected chi connectivity index (χ1v) is 13.1. The van der Waals surface area contributed by atoms with Crippen LogP contribution in [0, 0.1) is 0 Å². The summed E-state index contributed by atoms with van der Waals surface area (Å²) in [5.41, 5.74) is 6.41. The van der Waals surface area contributed by atoms with Gasteiger partial charge in [0.1, 0.15) is 41.0 Å². The quantitative estimate of drug-likeness (QED) is 0.206. The fourth-order valence-electron chi connectivity index (χ4n) is 3.48. The fourth-order valence-corrected chi connectivity index (χ4v) is 4.13. The minimum Gasteiger partial charge on any atom is -0.487 e. The summed E-state index contributed by atoms with van der Waals surface area (Å²) >= 11 is 0. The number of carbonyl (C=O) groups excluding carboxylic acids is 1. The highest BCUT2D eigenvalue weighted by atomic mass is 32.2. The minimum atomic E-state index is -4.87. The molecule has 0 saturated carbocycles. The van der Waals surface area contributed by atoms with Crippen LogP contribution in [-0.2, 0) is 16.6 Å². The molecule has 0 aliphatic heterocycles. The van der Waals surface area contributed by atoms with Crippen molar-refractivity contribution < 1.29 is 35.9 Å². The van der Waals surface area contributed by atoms with Crippen LogP contribution in [0.1, 0.15) is 22.8 Å². The van der Waals surface area contributed by atoms with Crippen molar-refractivity contribution >= 4 is 33.3 Å². The number of nitrogens with zero attached hydrogens (tertiary/aromatic N) is 3. The second kappa shape index (κ2) is 11.5. The average molecular weight is 578 g/mol. The van der Waals surface area contributed by atoms with Gasteiger partial charge in [-0.1, -0.05) is 18.2 Å². The molecule has 0 aliphatic rings. The molecule has 40 heavy (non-hydrogen) atoms. The molecule has 2 aromatic carbocycles. The number of rotatable bonds is 11. The summed E-state index contributed by atoms with van der Waals surface area (Å²) in [6, 6.07) is 9.43. The van der Waals surface area contributed by atoms with Crippen molar-refractivity contribution in [2.75, 3.05) is 15.8 Å². The van der Waals surface area contributed by atoms with Gasteiger partial charge in [-0.15, -0.1) is 13.2 Å². The molecule has 12 nitrogen and oxygen atoms in total. The van der Waals surface area contributed by atoms with Crippen LogP contribution in [-0.4, -0.2) is 46.6 Å². The summed E-state index contributed by atoms with van der Waals surface area (Å²) in [4.78, 5) is 20.4. The smallest absolute Gasteiger partial charge is 0.487 e. The van der Waals surface area contributed by atoms with Crippen LogP contribution in [0.25, 0.3) is 11.3 Å². The van der Waals surface area contributed by atoms with E-state index >= 15 is 0 Å². The van der Waals surface area contributed by atoms with E-state index in [1.54, 1.807) is 0 Å². The third-order valence-corrected chi connectivity index (χ3v) is 6.55. The fraction of sp³-hybridized carbons (Fsp3) is 0.167. The maximum atomic E-state index is 12.6. The summed E-state index contributed by atoms with van der Waals surface area (Å²) in [5.74, 6) is -1.03. The van der Waals surface area contributed by atoms with Crippen molar-refractivity contribution in [3.05, 3.63) is 72.2 Å². The van der Waals surface area contributed by atoms with E-state index in [0.29, 0.717) is 16.9 Å². The van der Waals surface area contributed by atoms with Crippen molar-refractivity contribution in [3.8, 4) is 22.8 Å². The Bertz CT molecular complexity index is 1610. The van der Waals surface area contributed by atoms with Gasteiger partial charge in [0.2, 0.25) is 10.0 Å². The first-order chi connectivity index (χ1) is 18.9. The number of aromatic nitrogens is 4. The second-order valence-corrected chi connectivity index (χ2v) is 10.1. The number of halogens is 3. The van der Waals surface area contributed by atoms with E-state index in [1.807, 2.05) is 0 Å². The molecule has 0 radical (unpaired) electrons. The van der Waals surface area contributed by atoms with E-state index in [9.17, 15) is 26.4 Å².